The van der Waals surface area contributed by atoms with Crippen LogP contribution in [0.4, 0.5) is 23.7 Å². The van der Waals surface area contributed by atoms with E-state index in [4.69, 9.17) is 4.74 Å². The van der Waals surface area contributed by atoms with Crippen molar-refractivity contribution in [3.63, 3.8) is 0 Å². The van der Waals surface area contributed by atoms with E-state index in [1.165, 1.54) is 40.7 Å². The number of nitrogens with zero attached hydrogens (tertiary/aromatic N) is 3. The van der Waals surface area contributed by atoms with Gasteiger partial charge in [-0.3, -0.25) is 24.0 Å². The number of carbonyl (C=O) groups excluding carboxylic acids is 7. The first kappa shape index (κ1) is 43.4. The van der Waals surface area contributed by atoms with E-state index in [0.717, 1.165) is 30.5 Å². The molecule has 18 heteroatoms. The van der Waals surface area contributed by atoms with E-state index < -0.39 is 108 Å². The molecular formula is C43H52F3N7O8. The summed E-state index contributed by atoms with van der Waals surface area (Å²) >= 11 is 0. The molecule has 0 aromatic heterocycles. The number of halogens is 3. The van der Waals surface area contributed by atoms with Crippen LogP contribution in [0, 0.1) is 23.4 Å². The number of urea groups is 1. The van der Waals surface area contributed by atoms with Crippen LogP contribution in [-0.4, -0.2) is 118 Å². The molecule has 1 aliphatic carbocycles. The van der Waals surface area contributed by atoms with Crippen molar-refractivity contribution < 1.29 is 51.5 Å². The highest BCUT2D eigenvalue weighted by Gasteiger charge is 2.47. The molecule has 7 rings (SSSR count). The SMILES string of the molecule is C[C@@H]1C[C@H]2C(=O)O[C@@H](C)[C@H](NC(=O)[C@H](Cc3cc(F)cc(F)c3)NC(=O)Nc3ccc(C4CC4)cc3F)C(=O)N3CCC[C@H]3C(=O)N3CCCC[C@H]3C(=O)N[C@@H](C)C(=O)N2C1. The highest BCUT2D eigenvalue weighted by molar-refractivity contribution is 5.99. The Labute approximate surface area is 351 Å². The third kappa shape index (κ3) is 9.78. The van der Waals surface area contributed by atoms with Crippen molar-refractivity contribution in [1.82, 2.24) is 30.7 Å². The van der Waals surface area contributed by atoms with Gasteiger partial charge in [0.25, 0.3) is 0 Å². The molecule has 1 saturated carbocycles. The number of rotatable bonds is 7. The third-order valence-corrected chi connectivity index (χ3v) is 12.3. The number of benzene rings is 2. The molecule has 0 radical (unpaired) electrons. The molecule has 0 unspecified atom stereocenters. The number of cyclic esters (lactones) is 1. The lowest BCUT2D eigenvalue weighted by molar-refractivity contribution is -0.163. The summed E-state index contributed by atoms with van der Waals surface area (Å²) in [6.07, 6.45) is 2.39. The summed E-state index contributed by atoms with van der Waals surface area (Å²) in [7, 11) is 0. The summed E-state index contributed by atoms with van der Waals surface area (Å²) < 4.78 is 49.7. The highest BCUT2D eigenvalue weighted by Crippen LogP contribution is 2.41. The first-order valence-corrected chi connectivity index (χ1v) is 21.1. The number of anilines is 1. The van der Waals surface area contributed by atoms with E-state index in [1.54, 1.807) is 6.07 Å². The van der Waals surface area contributed by atoms with Gasteiger partial charge < -0.3 is 40.7 Å². The van der Waals surface area contributed by atoms with Crippen molar-refractivity contribution in [2.24, 2.45) is 5.92 Å². The normalized spacial score (nSPS) is 28.0. The topological polar surface area (TPSA) is 187 Å². The lowest BCUT2D eigenvalue weighted by atomic mass is 9.99. The van der Waals surface area contributed by atoms with Crippen LogP contribution in [0.15, 0.2) is 36.4 Å². The molecule has 328 valence electrons. The molecule has 2 aromatic carbocycles. The predicted molar refractivity (Wildman–Crippen MR) is 213 cm³/mol. The van der Waals surface area contributed by atoms with Crippen molar-refractivity contribution in [1.29, 1.82) is 0 Å². The molecule has 61 heavy (non-hydrogen) atoms. The minimum Gasteiger partial charge on any atom is -0.458 e. The molecule has 5 aliphatic rings. The van der Waals surface area contributed by atoms with E-state index in [-0.39, 0.29) is 55.6 Å². The third-order valence-electron chi connectivity index (χ3n) is 12.3. The van der Waals surface area contributed by atoms with Crippen LogP contribution in [-0.2, 0) is 39.9 Å². The van der Waals surface area contributed by atoms with Gasteiger partial charge in [0.2, 0.25) is 29.5 Å². The Balaban J connectivity index is 1.20. The molecule has 5 fully saturated rings. The fourth-order valence-corrected chi connectivity index (χ4v) is 9.02. The number of amides is 7. The lowest BCUT2D eigenvalue weighted by Crippen LogP contribution is -2.63. The Morgan fingerprint density at radius 3 is 2.20 bits per heavy atom. The number of hydrogen-bond donors (Lipinski definition) is 4. The second-order valence-electron chi connectivity index (χ2n) is 17.1. The summed E-state index contributed by atoms with van der Waals surface area (Å²) in [5.74, 6) is -6.75. The second kappa shape index (κ2) is 18.1. The van der Waals surface area contributed by atoms with Crippen molar-refractivity contribution in [2.75, 3.05) is 25.0 Å². The van der Waals surface area contributed by atoms with Gasteiger partial charge in [-0.25, -0.2) is 22.8 Å². The van der Waals surface area contributed by atoms with Crippen molar-refractivity contribution in [3.8, 4) is 0 Å². The maximum Gasteiger partial charge on any atom is 0.329 e. The minimum absolute atomic E-state index is 0.0404. The summed E-state index contributed by atoms with van der Waals surface area (Å²) in [4.78, 5) is 102. The molecule has 0 bridgehead atoms. The molecule has 2 aromatic rings. The van der Waals surface area contributed by atoms with Crippen LogP contribution in [0.1, 0.15) is 89.2 Å². The average molecular weight is 852 g/mol. The van der Waals surface area contributed by atoms with Gasteiger partial charge in [0.05, 0.1) is 5.69 Å². The van der Waals surface area contributed by atoms with Crippen LogP contribution >= 0.6 is 0 Å². The molecule has 4 heterocycles. The first-order valence-electron chi connectivity index (χ1n) is 21.1. The van der Waals surface area contributed by atoms with Crippen LogP contribution in [0.5, 0.6) is 0 Å². The molecular weight excluding hydrogens is 800 g/mol. The van der Waals surface area contributed by atoms with Gasteiger partial charge in [0, 0.05) is 32.1 Å². The monoisotopic (exact) mass is 851 g/mol. The minimum atomic E-state index is -1.68. The van der Waals surface area contributed by atoms with E-state index in [0.29, 0.717) is 31.7 Å². The number of carbonyl (C=O) groups is 7. The molecule has 0 spiro atoms. The summed E-state index contributed by atoms with van der Waals surface area (Å²) in [6, 6.07) is -1.50. The van der Waals surface area contributed by atoms with Gasteiger partial charge in [0.1, 0.15) is 59.8 Å². The standard InChI is InChI=1S/C43H52F3N7O8/c1-22-15-35-42(59)61-24(3)36(41(58)52-14-6-8-34(52)40(57)51-13-5-4-7-33(51)38(55)47-23(2)39(56)53(35)21-22)50-37(54)32(18-25-16-28(44)20-29(45)17-25)49-43(60)48-31-12-11-27(19-30(31)46)26-9-10-26/h11-12,16-17,19-20,22-24,26,32-36H,4-10,13-15,18,21H2,1-3H3,(H,47,55)(H,50,54)(H2,48,49,60)/t22-,23+,24+,32+,33+,34+,35+,36+/m1/s1. The van der Waals surface area contributed by atoms with Crippen molar-refractivity contribution in [2.45, 2.75) is 127 Å². The van der Waals surface area contributed by atoms with Gasteiger partial charge >= 0.3 is 12.0 Å². The molecule has 4 N–H and O–H groups in total. The Hall–Kier alpha value is -5.68. The summed E-state index contributed by atoms with van der Waals surface area (Å²) in [5.41, 5.74) is 0.552. The average Bonchev–Trinajstić information content (AvgIpc) is 3.81. The zero-order valence-electron chi connectivity index (χ0n) is 34.4. The Kier molecular flexibility index (Phi) is 12.9. The number of nitrogens with one attached hydrogen (secondary N) is 4. The van der Waals surface area contributed by atoms with Crippen LogP contribution < -0.4 is 21.3 Å². The number of fused-ring (bicyclic) bond motifs is 3. The molecule has 7 amide bonds. The maximum atomic E-state index is 15.1. The summed E-state index contributed by atoms with van der Waals surface area (Å²) in [6.45, 7) is 5.24. The zero-order valence-corrected chi connectivity index (χ0v) is 34.4. The van der Waals surface area contributed by atoms with E-state index in [1.807, 2.05) is 6.92 Å². The lowest BCUT2D eigenvalue weighted by Gasteiger charge is -2.39. The predicted octanol–water partition coefficient (Wildman–Crippen LogP) is 3.26. The second-order valence-corrected chi connectivity index (χ2v) is 17.1. The van der Waals surface area contributed by atoms with Gasteiger partial charge in [-0.2, -0.15) is 0 Å². The van der Waals surface area contributed by atoms with Gasteiger partial charge in [-0.05, 0) is 112 Å². The Morgan fingerprint density at radius 2 is 1.49 bits per heavy atom. The van der Waals surface area contributed by atoms with Gasteiger partial charge in [-0.15, -0.1) is 0 Å². The quantitative estimate of drug-likeness (QED) is 0.306. The molecule has 8 atom stereocenters. The number of piperidine rings is 1. The molecule has 4 aliphatic heterocycles. The van der Waals surface area contributed by atoms with E-state index >= 15 is 4.39 Å². The van der Waals surface area contributed by atoms with Crippen LogP contribution in [0.25, 0.3) is 0 Å². The van der Waals surface area contributed by atoms with Gasteiger partial charge in [-0.1, -0.05) is 13.0 Å². The largest absolute Gasteiger partial charge is 0.458 e. The van der Waals surface area contributed by atoms with Crippen molar-refractivity contribution in [3.05, 3.63) is 65.0 Å². The number of hydrogen-bond acceptors (Lipinski definition) is 8. The first-order chi connectivity index (χ1) is 29.1. The van der Waals surface area contributed by atoms with Crippen molar-refractivity contribution >= 4 is 47.2 Å². The van der Waals surface area contributed by atoms with E-state index in [2.05, 4.69) is 21.3 Å². The van der Waals surface area contributed by atoms with Crippen LogP contribution in [0.3, 0.4) is 0 Å². The fraction of sp³-hybridized carbons (Fsp3) is 0.558. The highest BCUT2D eigenvalue weighted by atomic mass is 19.1. The smallest absolute Gasteiger partial charge is 0.329 e. The van der Waals surface area contributed by atoms with Gasteiger partial charge in [0.15, 0.2) is 0 Å². The zero-order chi connectivity index (χ0) is 43.7. The Bertz CT molecular complexity index is 2070. The number of ether oxygens (including phenoxy) is 1. The summed E-state index contributed by atoms with van der Waals surface area (Å²) in [5, 5.41) is 10.2. The van der Waals surface area contributed by atoms with E-state index in [9.17, 15) is 42.3 Å². The molecule has 4 saturated heterocycles. The molecule has 15 nitrogen and oxygen atoms in total. The fourth-order valence-electron chi connectivity index (χ4n) is 9.02. The Morgan fingerprint density at radius 1 is 0.803 bits per heavy atom. The van der Waals surface area contributed by atoms with Crippen LogP contribution in [0.2, 0.25) is 0 Å². The number of esters is 1. The maximum absolute atomic E-state index is 15.1.